The first-order chi connectivity index (χ1) is 11.5. The normalized spacial score (nSPS) is 26.2. The fourth-order valence-electron chi connectivity index (χ4n) is 3.22. The van der Waals surface area contributed by atoms with Crippen LogP contribution in [0.4, 0.5) is 4.79 Å². The van der Waals surface area contributed by atoms with E-state index in [0.29, 0.717) is 5.02 Å². The number of rotatable bonds is 5. The lowest BCUT2D eigenvalue weighted by atomic mass is 10.1. The van der Waals surface area contributed by atoms with E-state index < -0.39 is 38.2 Å². The topological polar surface area (TPSA) is 98.5 Å². The highest BCUT2D eigenvalue weighted by Crippen LogP contribution is 2.55. The van der Waals surface area contributed by atoms with Crippen LogP contribution in [-0.2, 0) is 14.6 Å². The van der Waals surface area contributed by atoms with Gasteiger partial charge in [0.05, 0.1) is 10.8 Å². The Kier molecular flexibility index (Phi) is 5.42. The second-order valence-corrected chi connectivity index (χ2v) is 10.1. The molecule has 0 bridgehead atoms. The Labute approximate surface area is 154 Å². The van der Waals surface area contributed by atoms with Crippen molar-refractivity contribution in [1.29, 1.82) is 0 Å². The molecule has 1 aliphatic rings. The highest BCUT2D eigenvalue weighted by atomic mass is 35.5. The van der Waals surface area contributed by atoms with Gasteiger partial charge in [-0.25, -0.2) is 13.2 Å². The van der Waals surface area contributed by atoms with Gasteiger partial charge in [-0.2, -0.15) is 0 Å². The molecule has 3 N–H and O–H groups in total. The number of alkyl carbamates (subject to hydrolysis) is 1. The van der Waals surface area contributed by atoms with Crippen LogP contribution in [0.25, 0.3) is 0 Å². The van der Waals surface area contributed by atoms with Crippen LogP contribution in [-0.4, -0.2) is 43.2 Å². The molecular weight excluding hydrogens is 364 g/mol. The van der Waals surface area contributed by atoms with Crippen LogP contribution < -0.4 is 11.1 Å². The van der Waals surface area contributed by atoms with Gasteiger partial charge < -0.3 is 15.8 Å². The SMILES string of the molecule is CCS(=O)(=O)C1C(c2cccc(Cl)c2)C1(CN)NC(=O)OC(C)(C)C. The van der Waals surface area contributed by atoms with E-state index >= 15 is 0 Å². The molecule has 25 heavy (non-hydrogen) atoms. The lowest BCUT2D eigenvalue weighted by Crippen LogP contribution is -2.49. The van der Waals surface area contributed by atoms with Crippen molar-refractivity contribution < 1.29 is 17.9 Å². The van der Waals surface area contributed by atoms with Crippen LogP contribution >= 0.6 is 11.6 Å². The van der Waals surface area contributed by atoms with Crippen LogP contribution in [0, 0.1) is 0 Å². The number of hydrogen-bond donors (Lipinski definition) is 2. The molecule has 1 fully saturated rings. The average Bonchev–Trinajstić information content (AvgIpc) is 3.15. The summed E-state index contributed by atoms with van der Waals surface area (Å²) in [6, 6.07) is 6.96. The molecule has 1 amide bonds. The van der Waals surface area contributed by atoms with Crippen molar-refractivity contribution in [3.63, 3.8) is 0 Å². The van der Waals surface area contributed by atoms with Gasteiger partial charge in [0.2, 0.25) is 0 Å². The molecule has 6 nitrogen and oxygen atoms in total. The van der Waals surface area contributed by atoms with Gasteiger partial charge in [0.25, 0.3) is 0 Å². The van der Waals surface area contributed by atoms with Crippen LogP contribution in [0.1, 0.15) is 39.2 Å². The number of nitrogens with two attached hydrogens (primary N) is 1. The maximum Gasteiger partial charge on any atom is 0.408 e. The maximum atomic E-state index is 12.6. The van der Waals surface area contributed by atoms with Crippen molar-refractivity contribution in [3.8, 4) is 0 Å². The second kappa shape index (κ2) is 6.78. The van der Waals surface area contributed by atoms with Gasteiger partial charge in [0.1, 0.15) is 5.60 Å². The molecule has 140 valence electrons. The lowest BCUT2D eigenvalue weighted by molar-refractivity contribution is 0.0497. The summed E-state index contributed by atoms with van der Waals surface area (Å²) in [6.45, 7) is 6.78. The third-order valence-electron chi connectivity index (χ3n) is 4.32. The monoisotopic (exact) mass is 388 g/mol. The van der Waals surface area contributed by atoms with Crippen molar-refractivity contribution in [2.45, 2.75) is 50.0 Å². The molecule has 0 radical (unpaired) electrons. The van der Waals surface area contributed by atoms with Crippen LogP contribution in [0.15, 0.2) is 24.3 Å². The molecule has 0 spiro atoms. The van der Waals surface area contributed by atoms with E-state index in [4.69, 9.17) is 22.1 Å². The van der Waals surface area contributed by atoms with E-state index in [0.717, 1.165) is 5.56 Å². The summed E-state index contributed by atoms with van der Waals surface area (Å²) in [5, 5.41) is 2.42. The number of nitrogens with one attached hydrogen (secondary N) is 1. The number of amides is 1. The molecule has 0 heterocycles. The number of ether oxygens (including phenoxy) is 1. The summed E-state index contributed by atoms with van der Waals surface area (Å²) in [4.78, 5) is 12.3. The third-order valence-corrected chi connectivity index (χ3v) is 6.83. The second-order valence-electron chi connectivity index (χ2n) is 7.28. The number of carbonyl (C=O) groups excluding carboxylic acids is 1. The minimum atomic E-state index is -3.44. The Bertz CT molecular complexity index is 760. The van der Waals surface area contributed by atoms with Gasteiger partial charge in [-0.15, -0.1) is 0 Å². The van der Waals surface area contributed by atoms with E-state index in [1.54, 1.807) is 52.0 Å². The predicted octanol–water partition coefficient (Wildman–Crippen LogP) is 2.46. The minimum absolute atomic E-state index is 0.0205. The lowest BCUT2D eigenvalue weighted by Gasteiger charge is -2.24. The quantitative estimate of drug-likeness (QED) is 0.807. The summed E-state index contributed by atoms with van der Waals surface area (Å²) >= 11 is 6.05. The maximum absolute atomic E-state index is 12.6. The van der Waals surface area contributed by atoms with Gasteiger partial charge in [0, 0.05) is 23.2 Å². The Morgan fingerprint density at radius 1 is 1.40 bits per heavy atom. The molecule has 0 aromatic heterocycles. The minimum Gasteiger partial charge on any atom is -0.444 e. The Morgan fingerprint density at radius 3 is 2.52 bits per heavy atom. The first kappa shape index (κ1) is 20.0. The summed E-state index contributed by atoms with van der Waals surface area (Å²) in [5.41, 5.74) is 4.86. The zero-order valence-electron chi connectivity index (χ0n) is 14.9. The van der Waals surface area contributed by atoms with Crippen molar-refractivity contribution in [1.82, 2.24) is 5.32 Å². The van der Waals surface area contributed by atoms with Gasteiger partial charge in [-0.05, 0) is 38.5 Å². The Morgan fingerprint density at radius 2 is 2.04 bits per heavy atom. The summed E-state index contributed by atoms with van der Waals surface area (Å²) in [7, 11) is -3.44. The fraction of sp³-hybridized carbons (Fsp3) is 0.588. The van der Waals surface area contributed by atoms with E-state index in [1.165, 1.54) is 0 Å². The molecule has 2 rings (SSSR count). The first-order valence-corrected chi connectivity index (χ1v) is 10.2. The van der Waals surface area contributed by atoms with E-state index in [1.807, 2.05) is 0 Å². The predicted molar refractivity (Wildman–Crippen MR) is 98.6 cm³/mol. The van der Waals surface area contributed by atoms with Gasteiger partial charge in [0.15, 0.2) is 9.84 Å². The van der Waals surface area contributed by atoms with Gasteiger partial charge in [-0.1, -0.05) is 30.7 Å². The summed E-state index contributed by atoms with van der Waals surface area (Å²) in [6.07, 6.45) is -0.682. The largest absolute Gasteiger partial charge is 0.444 e. The van der Waals surface area contributed by atoms with Crippen molar-refractivity contribution in [2.24, 2.45) is 5.73 Å². The number of carbonyl (C=O) groups is 1. The molecule has 8 heteroatoms. The van der Waals surface area contributed by atoms with E-state index in [-0.39, 0.29) is 12.3 Å². The number of hydrogen-bond acceptors (Lipinski definition) is 5. The highest BCUT2D eigenvalue weighted by Gasteiger charge is 2.71. The van der Waals surface area contributed by atoms with Crippen LogP contribution in [0.2, 0.25) is 5.02 Å². The van der Waals surface area contributed by atoms with Crippen molar-refractivity contribution in [2.75, 3.05) is 12.3 Å². The van der Waals surface area contributed by atoms with E-state index in [2.05, 4.69) is 5.32 Å². The first-order valence-electron chi connectivity index (χ1n) is 8.15. The zero-order valence-corrected chi connectivity index (χ0v) is 16.4. The van der Waals surface area contributed by atoms with Crippen molar-refractivity contribution in [3.05, 3.63) is 34.9 Å². The van der Waals surface area contributed by atoms with Gasteiger partial charge in [-0.3, -0.25) is 0 Å². The Hall–Kier alpha value is -1.31. The average molecular weight is 389 g/mol. The van der Waals surface area contributed by atoms with Gasteiger partial charge >= 0.3 is 6.09 Å². The third kappa shape index (κ3) is 4.10. The van der Waals surface area contributed by atoms with E-state index in [9.17, 15) is 13.2 Å². The number of benzene rings is 1. The molecular formula is C17H25ClN2O4S. The standard InChI is InChI=1S/C17H25ClN2O4S/c1-5-25(22,23)14-13(11-7-6-8-12(18)9-11)17(14,10-19)20-15(21)24-16(2,3)4/h6-9,13-14H,5,10,19H2,1-4H3,(H,20,21). The molecule has 1 aromatic rings. The molecule has 0 saturated heterocycles. The summed E-state index contributed by atoms with van der Waals surface area (Å²) < 4.78 is 30.5. The zero-order chi connectivity index (χ0) is 19.0. The van der Waals surface area contributed by atoms with Crippen LogP contribution in [0.3, 0.4) is 0 Å². The molecule has 3 atom stereocenters. The Balaban J connectivity index is 2.40. The number of halogens is 1. The molecule has 1 saturated carbocycles. The highest BCUT2D eigenvalue weighted by molar-refractivity contribution is 7.92. The van der Waals surface area contributed by atoms with Crippen molar-refractivity contribution >= 4 is 27.5 Å². The number of sulfone groups is 1. The fourth-order valence-corrected chi connectivity index (χ4v) is 5.46. The van der Waals surface area contributed by atoms with Crippen LogP contribution in [0.5, 0.6) is 0 Å². The molecule has 3 unspecified atom stereocenters. The molecule has 1 aliphatic carbocycles. The summed E-state index contributed by atoms with van der Waals surface area (Å²) in [5.74, 6) is -0.499. The smallest absolute Gasteiger partial charge is 0.408 e. The molecule has 0 aliphatic heterocycles. The molecule has 1 aromatic carbocycles.